The van der Waals surface area contributed by atoms with E-state index in [0.717, 1.165) is 17.5 Å². The van der Waals surface area contributed by atoms with Crippen molar-refractivity contribution < 1.29 is 18.6 Å². The van der Waals surface area contributed by atoms with Crippen LogP contribution < -0.4 is 24.8 Å². The number of nitrogens with zero attached hydrogens (tertiary/aromatic N) is 1. The molecule has 0 amide bonds. The molecule has 6 nitrogen and oxygen atoms in total. The number of methoxy groups -OCH3 is 3. The van der Waals surface area contributed by atoms with Gasteiger partial charge >= 0.3 is 0 Å². The second-order valence-corrected chi connectivity index (χ2v) is 5.76. The maximum absolute atomic E-state index is 13.7. The summed E-state index contributed by atoms with van der Waals surface area (Å²) >= 11 is 0. The van der Waals surface area contributed by atoms with Gasteiger partial charge in [0.2, 0.25) is 0 Å². The molecule has 2 aromatic carbocycles. The average Bonchev–Trinajstić information content (AvgIpc) is 2.70. The number of hydrogen-bond acceptors (Lipinski definition) is 4. The smallest absolute Gasteiger partial charge is 0.191 e. The van der Waals surface area contributed by atoms with Crippen molar-refractivity contribution in [1.29, 1.82) is 0 Å². The summed E-state index contributed by atoms with van der Waals surface area (Å²) in [5.74, 6) is 1.91. The summed E-state index contributed by atoms with van der Waals surface area (Å²) in [6, 6.07) is 10.7. The van der Waals surface area contributed by atoms with Gasteiger partial charge in [0.05, 0.1) is 21.3 Å². The van der Waals surface area contributed by atoms with Gasteiger partial charge in [-0.25, -0.2) is 4.39 Å². The second-order valence-electron chi connectivity index (χ2n) is 5.76. The zero-order chi connectivity index (χ0) is 19.6. The predicted molar refractivity (Wildman–Crippen MR) is 104 cm³/mol. The van der Waals surface area contributed by atoms with Crippen LogP contribution in [0.4, 0.5) is 4.39 Å². The molecule has 0 radical (unpaired) electrons. The van der Waals surface area contributed by atoms with E-state index in [-0.39, 0.29) is 11.6 Å². The van der Waals surface area contributed by atoms with Gasteiger partial charge in [-0.05, 0) is 41.8 Å². The van der Waals surface area contributed by atoms with Crippen LogP contribution in [0.1, 0.15) is 11.1 Å². The number of benzene rings is 2. The Labute approximate surface area is 159 Å². The molecular weight excluding hydrogens is 349 g/mol. The molecule has 0 heterocycles. The van der Waals surface area contributed by atoms with E-state index >= 15 is 0 Å². The van der Waals surface area contributed by atoms with Gasteiger partial charge in [0, 0.05) is 20.1 Å². The highest BCUT2D eigenvalue weighted by molar-refractivity contribution is 5.79. The molecular formula is C20H26FN3O3. The van der Waals surface area contributed by atoms with E-state index in [1.165, 1.54) is 13.2 Å². The summed E-state index contributed by atoms with van der Waals surface area (Å²) in [6.07, 6.45) is 0.790. The average molecular weight is 375 g/mol. The lowest BCUT2D eigenvalue weighted by Crippen LogP contribution is -2.37. The van der Waals surface area contributed by atoms with Crippen LogP contribution in [-0.4, -0.2) is 40.9 Å². The van der Waals surface area contributed by atoms with Gasteiger partial charge in [-0.3, -0.25) is 4.99 Å². The Morgan fingerprint density at radius 1 is 0.889 bits per heavy atom. The summed E-state index contributed by atoms with van der Waals surface area (Å²) in [6.45, 7) is 1.14. The fourth-order valence-corrected chi connectivity index (χ4v) is 2.59. The van der Waals surface area contributed by atoms with Crippen LogP contribution >= 0.6 is 0 Å². The van der Waals surface area contributed by atoms with Crippen molar-refractivity contribution in [3.63, 3.8) is 0 Å². The molecule has 2 rings (SSSR count). The number of nitrogens with one attached hydrogen (secondary N) is 2. The first kappa shape index (κ1) is 20.4. The lowest BCUT2D eigenvalue weighted by atomic mass is 10.1. The molecule has 27 heavy (non-hydrogen) atoms. The molecule has 0 spiro atoms. The Balaban J connectivity index is 1.84. The van der Waals surface area contributed by atoms with Crippen LogP contribution in [0.2, 0.25) is 0 Å². The van der Waals surface area contributed by atoms with Crippen LogP contribution in [0.25, 0.3) is 0 Å². The third kappa shape index (κ3) is 5.77. The fourth-order valence-electron chi connectivity index (χ4n) is 2.59. The van der Waals surface area contributed by atoms with Crippen molar-refractivity contribution >= 4 is 5.96 Å². The van der Waals surface area contributed by atoms with Crippen molar-refractivity contribution in [1.82, 2.24) is 10.6 Å². The molecule has 2 aromatic rings. The van der Waals surface area contributed by atoms with E-state index in [1.54, 1.807) is 27.3 Å². The molecule has 0 saturated carbocycles. The SMILES string of the molecule is CN=C(NCCc1ccc(OC)c(OC)c1)NCc1ccc(OC)c(F)c1. The summed E-state index contributed by atoms with van der Waals surface area (Å²) < 4.78 is 29.2. The Bertz CT molecular complexity index is 781. The van der Waals surface area contributed by atoms with Gasteiger partial charge in [-0.2, -0.15) is 0 Å². The molecule has 0 aliphatic carbocycles. The van der Waals surface area contributed by atoms with Crippen molar-refractivity contribution in [2.24, 2.45) is 4.99 Å². The first-order valence-electron chi connectivity index (χ1n) is 8.59. The molecule has 7 heteroatoms. The third-order valence-electron chi connectivity index (χ3n) is 4.05. The Morgan fingerprint density at radius 2 is 1.56 bits per heavy atom. The molecule has 0 saturated heterocycles. The van der Waals surface area contributed by atoms with E-state index in [1.807, 2.05) is 24.3 Å². The molecule has 0 bridgehead atoms. The van der Waals surface area contributed by atoms with Gasteiger partial charge < -0.3 is 24.8 Å². The topological polar surface area (TPSA) is 64.1 Å². The minimum absolute atomic E-state index is 0.233. The van der Waals surface area contributed by atoms with E-state index in [0.29, 0.717) is 30.5 Å². The van der Waals surface area contributed by atoms with Gasteiger partial charge in [0.1, 0.15) is 0 Å². The standard InChI is InChI=1S/C20H26FN3O3/c1-22-20(24-13-15-6-7-17(25-2)16(21)11-15)23-10-9-14-5-8-18(26-3)19(12-14)27-4/h5-8,11-12H,9-10,13H2,1-4H3,(H2,22,23,24). The van der Waals surface area contributed by atoms with Crippen LogP contribution in [0.15, 0.2) is 41.4 Å². The molecule has 0 fully saturated rings. The minimum atomic E-state index is -0.381. The van der Waals surface area contributed by atoms with Gasteiger partial charge in [-0.1, -0.05) is 12.1 Å². The summed E-state index contributed by atoms with van der Waals surface area (Å²) in [5.41, 5.74) is 1.92. The van der Waals surface area contributed by atoms with Crippen LogP contribution in [0.5, 0.6) is 17.2 Å². The first-order chi connectivity index (χ1) is 13.1. The maximum Gasteiger partial charge on any atom is 0.191 e. The fraction of sp³-hybridized carbons (Fsp3) is 0.350. The number of hydrogen-bond donors (Lipinski definition) is 2. The largest absolute Gasteiger partial charge is 0.494 e. The summed E-state index contributed by atoms with van der Waals surface area (Å²) in [4.78, 5) is 4.18. The monoisotopic (exact) mass is 375 g/mol. The normalized spacial score (nSPS) is 11.1. The minimum Gasteiger partial charge on any atom is -0.494 e. The van der Waals surface area contributed by atoms with Crippen LogP contribution in [0, 0.1) is 5.82 Å². The highest BCUT2D eigenvalue weighted by atomic mass is 19.1. The van der Waals surface area contributed by atoms with E-state index in [9.17, 15) is 4.39 Å². The van der Waals surface area contributed by atoms with E-state index < -0.39 is 0 Å². The molecule has 0 aromatic heterocycles. The van der Waals surface area contributed by atoms with Crippen molar-refractivity contribution in [3.05, 3.63) is 53.3 Å². The van der Waals surface area contributed by atoms with Gasteiger partial charge in [0.25, 0.3) is 0 Å². The van der Waals surface area contributed by atoms with Crippen molar-refractivity contribution in [2.75, 3.05) is 34.9 Å². The highest BCUT2D eigenvalue weighted by Gasteiger charge is 2.06. The van der Waals surface area contributed by atoms with Crippen molar-refractivity contribution in [2.45, 2.75) is 13.0 Å². The highest BCUT2D eigenvalue weighted by Crippen LogP contribution is 2.27. The molecule has 0 aliphatic heterocycles. The quantitative estimate of drug-likeness (QED) is 0.549. The Hall–Kier alpha value is -2.96. The van der Waals surface area contributed by atoms with E-state index in [2.05, 4.69) is 15.6 Å². The molecule has 146 valence electrons. The zero-order valence-electron chi connectivity index (χ0n) is 16.1. The summed E-state index contributed by atoms with van der Waals surface area (Å²) in [7, 11) is 6.37. The zero-order valence-corrected chi connectivity index (χ0v) is 16.1. The number of ether oxygens (including phenoxy) is 3. The Morgan fingerprint density at radius 3 is 2.19 bits per heavy atom. The number of rotatable bonds is 8. The van der Waals surface area contributed by atoms with Gasteiger partial charge in [0.15, 0.2) is 29.0 Å². The lowest BCUT2D eigenvalue weighted by Gasteiger charge is -2.13. The maximum atomic E-state index is 13.7. The van der Waals surface area contributed by atoms with Crippen LogP contribution in [0.3, 0.4) is 0 Å². The molecule has 0 aliphatic rings. The number of guanidine groups is 1. The second kappa shape index (κ2) is 10.3. The number of halogens is 1. The molecule has 0 unspecified atom stereocenters. The third-order valence-corrected chi connectivity index (χ3v) is 4.05. The summed E-state index contributed by atoms with van der Waals surface area (Å²) in [5, 5.41) is 6.40. The first-order valence-corrected chi connectivity index (χ1v) is 8.59. The van der Waals surface area contributed by atoms with Crippen molar-refractivity contribution in [3.8, 4) is 17.2 Å². The van der Waals surface area contributed by atoms with E-state index in [4.69, 9.17) is 14.2 Å². The Kier molecular flexibility index (Phi) is 7.73. The lowest BCUT2D eigenvalue weighted by molar-refractivity contribution is 0.354. The molecule has 0 atom stereocenters. The predicted octanol–water partition coefficient (Wildman–Crippen LogP) is 2.76. The number of aliphatic imine (C=N–C) groups is 1. The van der Waals surface area contributed by atoms with Gasteiger partial charge in [-0.15, -0.1) is 0 Å². The molecule has 2 N–H and O–H groups in total. The van der Waals surface area contributed by atoms with Crippen LogP contribution in [-0.2, 0) is 13.0 Å².